The molecule has 1 aliphatic heterocycles. The van der Waals surface area contributed by atoms with Crippen molar-refractivity contribution < 1.29 is 21.6 Å². The zero-order chi connectivity index (χ0) is 27.7. The third-order valence-electron chi connectivity index (χ3n) is 7.48. The van der Waals surface area contributed by atoms with Gasteiger partial charge in [-0.25, -0.2) is 13.2 Å². The number of fused-ring (bicyclic) bond motifs is 1. The highest BCUT2D eigenvalue weighted by molar-refractivity contribution is 7.90. The standard InChI is InChI=1S/C27H23Cl2F3N4O2S/c1-26(31,32)17-5-8-19(9-6-17)39(37,38)36-23-4-2-3-20(29)24(23)25(33-36)35-14-13-34(16-27(35)11-12-27)22-10-7-18(28)15-21(22)30/h2-10,15H,11-14,16H2,1H3. The van der Waals surface area contributed by atoms with Crippen LogP contribution in [0.2, 0.25) is 10.0 Å². The van der Waals surface area contributed by atoms with E-state index in [4.69, 9.17) is 23.2 Å². The van der Waals surface area contributed by atoms with Gasteiger partial charge in [-0.3, -0.25) is 0 Å². The molecule has 0 bridgehead atoms. The number of nitrogens with zero attached hydrogens (tertiary/aromatic N) is 4. The smallest absolute Gasteiger partial charge is 0.283 e. The highest BCUT2D eigenvalue weighted by atomic mass is 35.5. The Balaban J connectivity index is 1.40. The maximum Gasteiger partial charge on any atom is 0.283 e. The summed E-state index contributed by atoms with van der Waals surface area (Å²) < 4.78 is 70.4. The van der Waals surface area contributed by atoms with Gasteiger partial charge in [0.05, 0.1) is 32.0 Å². The molecule has 204 valence electrons. The minimum atomic E-state index is -4.24. The van der Waals surface area contributed by atoms with Gasteiger partial charge in [0.1, 0.15) is 5.82 Å². The number of aromatic nitrogens is 2. The number of piperazine rings is 1. The number of alkyl halides is 2. The summed E-state index contributed by atoms with van der Waals surface area (Å²) in [6.45, 7) is 2.20. The number of hydrogen-bond donors (Lipinski definition) is 0. The molecule has 6 nitrogen and oxygen atoms in total. The summed E-state index contributed by atoms with van der Waals surface area (Å²) in [5, 5.41) is 5.71. The van der Waals surface area contributed by atoms with Gasteiger partial charge >= 0.3 is 0 Å². The Morgan fingerprint density at radius 2 is 1.72 bits per heavy atom. The van der Waals surface area contributed by atoms with Gasteiger partial charge in [0.2, 0.25) is 0 Å². The van der Waals surface area contributed by atoms with Gasteiger partial charge in [0.25, 0.3) is 15.9 Å². The van der Waals surface area contributed by atoms with E-state index in [-0.39, 0.29) is 21.5 Å². The van der Waals surface area contributed by atoms with Gasteiger partial charge < -0.3 is 9.80 Å². The SMILES string of the molecule is CC(F)(F)c1ccc(S(=O)(=O)n2nc(N3CCN(c4ccc(Cl)cc4F)CC34CC4)c3c(Cl)cccc32)cc1. The number of benzene rings is 3. The number of rotatable bonds is 5. The van der Waals surface area contributed by atoms with Gasteiger partial charge in [-0.1, -0.05) is 41.4 Å². The lowest BCUT2D eigenvalue weighted by atomic mass is 10.1. The zero-order valence-electron chi connectivity index (χ0n) is 20.7. The van der Waals surface area contributed by atoms with Crippen molar-refractivity contribution in [2.45, 2.75) is 36.1 Å². The van der Waals surface area contributed by atoms with Crippen molar-refractivity contribution in [2.75, 3.05) is 29.4 Å². The van der Waals surface area contributed by atoms with Crippen LogP contribution in [0.15, 0.2) is 65.6 Å². The molecular formula is C27H23Cl2F3N4O2S. The second kappa shape index (κ2) is 9.04. The molecule has 39 heavy (non-hydrogen) atoms. The molecule has 6 rings (SSSR count). The molecule has 1 aromatic heterocycles. The van der Waals surface area contributed by atoms with Crippen LogP contribution >= 0.6 is 23.2 Å². The Morgan fingerprint density at radius 3 is 2.36 bits per heavy atom. The first kappa shape index (κ1) is 26.3. The molecular weight excluding hydrogens is 572 g/mol. The molecule has 1 saturated carbocycles. The van der Waals surface area contributed by atoms with E-state index in [0.717, 1.165) is 48.1 Å². The van der Waals surface area contributed by atoms with Crippen molar-refractivity contribution in [1.29, 1.82) is 0 Å². The van der Waals surface area contributed by atoms with Crippen molar-refractivity contribution in [1.82, 2.24) is 9.19 Å². The molecule has 0 unspecified atom stereocenters. The molecule has 2 fully saturated rings. The fraction of sp³-hybridized carbons (Fsp3) is 0.296. The second-order valence-electron chi connectivity index (χ2n) is 10.1. The Morgan fingerprint density at radius 1 is 1.00 bits per heavy atom. The second-order valence-corrected chi connectivity index (χ2v) is 12.7. The highest BCUT2D eigenvalue weighted by Crippen LogP contribution is 2.49. The minimum absolute atomic E-state index is 0.171. The van der Waals surface area contributed by atoms with E-state index in [1.54, 1.807) is 30.3 Å². The summed E-state index contributed by atoms with van der Waals surface area (Å²) in [5.41, 5.74) is 0.0845. The van der Waals surface area contributed by atoms with Crippen molar-refractivity contribution in [3.8, 4) is 0 Å². The lowest BCUT2D eigenvalue weighted by Gasteiger charge is -2.43. The van der Waals surface area contributed by atoms with Crippen LogP contribution < -0.4 is 9.80 Å². The van der Waals surface area contributed by atoms with E-state index in [2.05, 4.69) is 10.00 Å². The highest BCUT2D eigenvalue weighted by Gasteiger charge is 2.53. The molecule has 0 amide bonds. The van der Waals surface area contributed by atoms with Crippen LogP contribution in [-0.4, -0.2) is 42.8 Å². The minimum Gasteiger partial charge on any atom is -0.365 e. The third kappa shape index (κ3) is 4.42. The van der Waals surface area contributed by atoms with Gasteiger partial charge in [-0.05, 0) is 55.3 Å². The lowest BCUT2D eigenvalue weighted by Crippen LogP contribution is -2.55. The molecule has 12 heteroatoms. The molecule has 0 N–H and O–H groups in total. The topological polar surface area (TPSA) is 58.4 Å². The molecule has 4 aromatic rings. The summed E-state index contributed by atoms with van der Waals surface area (Å²) in [4.78, 5) is 3.87. The average Bonchev–Trinajstić information content (AvgIpc) is 3.51. The Labute approximate surface area is 233 Å². The Kier molecular flexibility index (Phi) is 6.09. The fourth-order valence-electron chi connectivity index (χ4n) is 5.30. The van der Waals surface area contributed by atoms with E-state index >= 15 is 0 Å². The molecule has 0 atom stereocenters. The largest absolute Gasteiger partial charge is 0.365 e. The first-order chi connectivity index (χ1) is 18.4. The maximum atomic E-state index is 14.7. The van der Waals surface area contributed by atoms with Crippen LogP contribution in [-0.2, 0) is 15.9 Å². The van der Waals surface area contributed by atoms with Crippen LogP contribution in [0.4, 0.5) is 24.7 Å². The van der Waals surface area contributed by atoms with Crippen molar-refractivity contribution >= 4 is 55.6 Å². The number of hydrogen-bond acceptors (Lipinski definition) is 5. The van der Waals surface area contributed by atoms with Crippen molar-refractivity contribution in [2.24, 2.45) is 0 Å². The van der Waals surface area contributed by atoms with E-state index in [1.807, 2.05) is 4.90 Å². The third-order valence-corrected chi connectivity index (χ3v) is 9.63. The van der Waals surface area contributed by atoms with E-state index in [0.29, 0.717) is 46.6 Å². The molecule has 1 spiro atoms. The van der Waals surface area contributed by atoms with Crippen LogP contribution in [0, 0.1) is 5.82 Å². The van der Waals surface area contributed by atoms with Gasteiger partial charge in [0.15, 0.2) is 5.82 Å². The Bertz CT molecular complexity index is 1700. The maximum absolute atomic E-state index is 14.7. The van der Waals surface area contributed by atoms with Crippen LogP contribution in [0.5, 0.6) is 0 Å². The predicted octanol–water partition coefficient (Wildman–Crippen LogP) is 6.69. The zero-order valence-corrected chi connectivity index (χ0v) is 23.0. The summed E-state index contributed by atoms with van der Waals surface area (Å²) in [5.74, 6) is -3.08. The normalized spacial score (nSPS) is 17.3. The average molecular weight is 595 g/mol. The number of halogens is 5. The van der Waals surface area contributed by atoms with Crippen LogP contribution in [0.25, 0.3) is 10.9 Å². The van der Waals surface area contributed by atoms with E-state index in [9.17, 15) is 21.6 Å². The van der Waals surface area contributed by atoms with E-state index in [1.165, 1.54) is 6.07 Å². The van der Waals surface area contributed by atoms with Gasteiger partial charge in [-0.15, -0.1) is 5.10 Å². The quantitative estimate of drug-likeness (QED) is 0.258. The molecule has 0 radical (unpaired) electrons. The van der Waals surface area contributed by atoms with Crippen molar-refractivity contribution in [3.05, 3.63) is 82.1 Å². The van der Waals surface area contributed by atoms with Crippen LogP contribution in [0.1, 0.15) is 25.3 Å². The fourth-order valence-corrected chi connectivity index (χ4v) is 6.99. The van der Waals surface area contributed by atoms with E-state index < -0.39 is 21.8 Å². The molecule has 2 heterocycles. The molecule has 3 aromatic carbocycles. The predicted molar refractivity (Wildman–Crippen MR) is 146 cm³/mol. The van der Waals surface area contributed by atoms with Crippen molar-refractivity contribution in [3.63, 3.8) is 0 Å². The molecule has 2 aliphatic rings. The summed E-state index contributed by atoms with van der Waals surface area (Å²) in [6.07, 6.45) is 1.63. The summed E-state index contributed by atoms with van der Waals surface area (Å²) in [7, 11) is -4.24. The van der Waals surface area contributed by atoms with Crippen LogP contribution in [0.3, 0.4) is 0 Å². The monoisotopic (exact) mass is 594 g/mol. The summed E-state index contributed by atoms with van der Waals surface area (Å²) >= 11 is 12.5. The first-order valence-corrected chi connectivity index (χ1v) is 14.5. The van der Waals surface area contributed by atoms with Gasteiger partial charge in [-0.2, -0.15) is 12.5 Å². The lowest BCUT2D eigenvalue weighted by molar-refractivity contribution is 0.0174. The molecule has 1 aliphatic carbocycles. The number of anilines is 2. The Hall–Kier alpha value is -2.95. The summed E-state index contributed by atoms with van der Waals surface area (Å²) in [6, 6.07) is 14.0. The van der Waals surface area contributed by atoms with Gasteiger partial charge in [0, 0.05) is 37.1 Å². The molecule has 1 saturated heterocycles. The first-order valence-electron chi connectivity index (χ1n) is 12.3.